The van der Waals surface area contributed by atoms with Crippen LogP contribution in [0.4, 0.5) is 11.4 Å². The van der Waals surface area contributed by atoms with Gasteiger partial charge in [0.2, 0.25) is 5.78 Å². The van der Waals surface area contributed by atoms with Gasteiger partial charge in [0, 0.05) is 34.3 Å². The number of halogens is 1. The van der Waals surface area contributed by atoms with Gasteiger partial charge in [0.15, 0.2) is 11.5 Å². The lowest BCUT2D eigenvalue weighted by Gasteiger charge is -2.28. The van der Waals surface area contributed by atoms with E-state index >= 15 is 0 Å². The first-order valence-electron chi connectivity index (χ1n) is 12.2. The zero-order chi connectivity index (χ0) is 26.3. The number of anilines is 2. The average Bonchev–Trinajstić information content (AvgIpc) is 3.44. The van der Waals surface area contributed by atoms with Gasteiger partial charge in [-0.3, -0.25) is 14.5 Å². The van der Waals surface area contributed by atoms with Crippen molar-refractivity contribution in [1.82, 2.24) is 0 Å². The Balaban J connectivity index is 1.62. The van der Waals surface area contributed by atoms with Crippen LogP contribution in [0.5, 0.6) is 0 Å². The molecule has 1 atom stereocenters. The molecule has 0 saturated carbocycles. The number of furan rings is 1. The molecule has 5 rings (SSSR count). The zero-order valence-corrected chi connectivity index (χ0v) is 22.5. The Hall–Kier alpha value is -3.84. The second kappa shape index (κ2) is 9.90. The topological polar surface area (TPSA) is 74.0 Å². The summed E-state index contributed by atoms with van der Waals surface area (Å²) >= 11 is 3.44. The molecular formula is C30H27BrN2O4. The molecule has 37 heavy (non-hydrogen) atoms. The smallest absolute Gasteiger partial charge is 0.294 e. The van der Waals surface area contributed by atoms with Gasteiger partial charge >= 0.3 is 0 Å². The van der Waals surface area contributed by atoms with Gasteiger partial charge in [0.1, 0.15) is 5.58 Å². The Morgan fingerprint density at radius 3 is 2.32 bits per heavy atom. The Morgan fingerprint density at radius 1 is 1.00 bits per heavy atom. The van der Waals surface area contributed by atoms with E-state index in [-0.39, 0.29) is 11.3 Å². The van der Waals surface area contributed by atoms with Crippen molar-refractivity contribution >= 4 is 50.0 Å². The number of carbonyl (C=O) groups is 2. The number of fused-ring (bicyclic) bond motifs is 1. The van der Waals surface area contributed by atoms with Crippen LogP contribution in [0.1, 0.15) is 41.6 Å². The minimum absolute atomic E-state index is 0.000661. The molecule has 0 bridgehead atoms. The third-order valence-corrected chi connectivity index (χ3v) is 7.30. The fraction of sp³-hybridized carbons (Fsp3) is 0.200. The molecule has 3 aromatic carbocycles. The number of ketones is 1. The number of aliphatic hydroxyl groups excluding tert-OH is 1. The first-order chi connectivity index (χ1) is 17.8. The van der Waals surface area contributed by atoms with Gasteiger partial charge in [-0.1, -0.05) is 45.8 Å². The number of rotatable bonds is 7. The first-order valence-corrected chi connectivity index (χ1v) is 13.0. The van der Waals surface area contributed by atoms with E-state index in [1.807, 2.05) is 67.6 Å². The number of hydrogen-bond donors (Lipinski definition) is 1. The summed E-state index contributed by atoms with van der Waals surface area (Å²) in [6, 6.07) is 21.5. The van der Waals surface area contributed by atoms with E-state index in [1.165, 1.54) is 4.90 Å². The Morgan fingerprint density at radius 2 is 1.68 bits per heavy atom. The highest BCUT2D eigenvalue weighted by molar-refractivity contribution is 9.10. The molecule has 0 radical (unpaired) electrons. The van der Waals surface area contributed by atoms with Crippen molar-refractivity contribution in [1.29, 1.82) is 0 Å². The van der Waals surface area contributed by atoms with Gasteiger partial charge in [-0.15, -0.1) is 0 Å². The monoisotopic (exact) mass is 558 g/mol. The minimum Gasteiger partial charge on any atom is -0.503 e. The molecule has 2 heterocycles. The molecule has 1 aromatic heterocycles. The van der Waals surface area contributed by atoms with E-state index < -0.39 is 23.5 Å². The Bertz CT molecular complexity index is 1520. The molecule has 1 amide bonds. The number of amides is 1. The van der Waals surface area contributed by atoms with Gasteiger partial charge < -0.3 is 14.4 Å². The summed E-state index contributed by atoms with van der Waals surface area (Å²) in [6.45, 7) is 7.87. The van der Waals surface area contributed by atoms with Crippen LogP contribution >= 0.6 is 15.9 Å². The largest absolute Gasteiger partial charge is 0.503 e. The van der Waals surface area contributed by atoms with Gasteiger partial charge in [-0.25, -0.2) is 0 Å². The van der Waals surface area contributed by atoms with E-state index in [0.29, 0.717) is 11.3 Å². The molecule has 0 spiro atoms. The van der Waals surface area contributed by atoms with Crippen LogP contribution in [0, 0.1) is 6.92 Å². The third kappa shape index (κ3) is 4.44. The quantitative estimate of drug-likeness (QED) is 0.244. The molecule has 0 fully saturated rings. The van der Waals surface area contributed by atoms with Crippen molar-refractivity contribution in [3.63, 3.8) is 0 Å². The molecule has 1 N–H and O–H groups in total. The van der Waals surface area contributed by atoms with Crippen molar-refractivity contribution in [2.24, 2.45) is 0 Å². The fourth-order valence-electron chi connectivity index (χ4n) is 4.84. The van der Waals surface area contributed by atoms with Crippen molar-refractivity contribution < 1.29 is 19.1 Å². The van der Waals surface area contributed by atoms with E-state index in [4.69, 9.17) is 4.42 Å². The number of nitrogens with zero attached hydrogens (tertiary/aromatic N) is 2. The number of Topliss-reactive ketones (excluding diaryl/α,β-unsaturated/α-hetero) is 1. The van der Waals surface area contributed by atoms with Crippen LogP contribution in [0.2, 0.25) is 0 Å². The lowest BCUT2D eigenvalue weighted by Crippen LogP contribution is -2.31. The maximum Gasteiger partial charge on any atom is 0.294 e. The van der Waals surface area contributed by atoms with Crippen LogP contribution in [0.25, 0.3) is 11.0 Å². The molecule has 6 nitrogen and oxygen atoms in total. The van der Waals surface area contributed by atoms with Crippen LogP contribution in [-0.4, -0.2) is 29.9 Å². The van der Waals surface area contributed by atoms with Crippen molar-refractivity contribution in [3.8, 4) is 0 Å². The van der Waals surface area contributed by atoms with E-state index in [2.05, 4.69) is 34.7 Å². The molecule has 188 valence electrons. The molecule has 0 saturated heterocycles. The predicted octanol–water partition coefficient (Wildman–Crippen LogP) is 7.13. The summed E-state index contributed by atoms with van der Waals surface area (Å²) in [6.07, 6.45) is 0. The third-order valence-electron chi connectivity index (χ3n) is 6.80. The van der Waals surface area contributed by atoms with Gasteiger partial charge in [-0.05, 0) is 74.9 Å². The molecule has 4 aromatic rings. The van der Waals surface area contributed by atoms with Crippen LogP contribution in [0.15, 0.2) is 93.0 Å². The highest BCUT2D eigenvalue weighted by atomic mass is 79.9. The van der Waals surface area contributed by atoms with Crippen LogP contribution in [-0.2, 0) is 4.79 Å². The van der Waals surface area contributed by atoms with Gasteiger partial charge in [-0.2, -0.15) is 0 Å². The van der Waals surface area contributed by atoms with Crippen molar-refractivity contribution in [3.05, 3.63) is 105 Å². The molecule has 1 aliphatic rings. The van der Waals surface area contributed by atoms with Gasteiger partial charge in [0.05, 0.1) is 11.6 Å². The van der Waals surface area contributed by atoms with Crippen molar-refractivity contribution in [2.75, 3.05) is 22.9 Å². The summed E-state index contributed by atoms with van der Waals surface area (Å²) in [7, 11) is 0. The number of benzene rings is 3. The van der Waals surface area contributed by atoms with Crippen LogP contribution < -0.4 is 9.80 Å². The molecule has 1 aliphatic heterocycles. The molecule has 7 heteroatoms. The molecule has 1 unspecified atom stereocenters. The summed E-state index contributed by atoms with van der Waals surface area (Å²) in [5, 5.41) is 11.8. The lowest BCUT2D eigenvalue weighted by atomic mass is 9.94. The fourth-order valence-corrected chi connectivity index (χ4v) is 5.22. The highest BCUT2D eigenvalue weighted by Crippen LogP contribution is 2.43. The molecular weight excluding hydrogens is 532 g/mol. The average molecular weight is 559 g/mol. The van der Waals surface area contributed by atoms with E-state index in [9.17, 15) is 14.7 Å². The normalized spacial score (nSPS) is 15.6. The summed E-state index contributed by atoms with van der Waals surface area (Å²) in [4.78, 5) is 31.0. The summed E-state index contributed by atoms with van der Waals surface area (Å²) < 4.78 is 6.71. The Kier molecular flexibility index (Phi) is 6.65. The summed E-state index contributed by atoms with van der Waals surface area (Å²) in [5.74, 6) is -1.64. The maximum atomic E-state index is 13.8. The highest BCUT2D eigenvalue weighted by Gasteiger charge is 2.45. The summed E-state index contributed by atoms with van der Waals surface area (Å²) in [5.41, 5.74) is 3.94. The predicted molar refractivity (Wildman–Crippen MR) is 149 cm³/mol. The minimum atomic E-state index is -0.812. The van der Waals surface area contributed by atoms with Crippen LogP contribution in [0.3, 0.4) is 0 Å². The van der Waals surface area contributed by atoms with E-state index in [1.54, 1.807) is 12.1 Å². The molecule has 0 aliphatic carbocycles. The number of hydrogen-bond acceptors (Lipinski definition) is 5. The standard InChI is InChI=1S/C30H27BrN2O4/c1-4-32(5-2)22-13-8-19(9-14-22)27-26(28(34)25-17-20-16-21(31)10-15-24(20)37-25)29(35)30(36)33(27)23-11-6-18(3)7-12-23/h6-17,27,35H,4-5H2,1-3H3. The number of aliphatic hydroxyl groups is 1. The number of carbonyl (C=O) groups excluding carboxylic acids is 2. The number of aryl methyl sites for hydroxylation is 1. The zero-order valence-electron chi connectivity index (χ0n) is 20.9. The second-order valence-electron chi connectivity index (χ2n) is 9.06. The first kappa shape index (κ1) is 24.8. The van der Waals surface area contributed by atoms with E-state index in [0.717, 1.165) is 39.8 Å². The Labute approximate surface area is 223 Å². The van der Waals surface area contributed by atoms with Crippen molar-refractivity contribution in [2.45, 2.75) is 26.8 Å². The SMILES string of the molecule is CCN(CC)c1ccc(C2C(C(=O)c3cc4cc(Br)ccc4o3)=C(O)C(=O)N2c2ccc(C)cc2)cc1. The lowest BCUT2D eigenvalue weighted by molar-refractivity contribution is -0.117. The maximum absolute atomic E-state index is 13.8. The second-order valence-corrected chi connectivity index (χ2v) is 9.98. The van der Waals surface area contributed by atoms with Gasteiger partial charge in [0.25, 0.3) is 5.91 Å².